The Hall–Kier alpha value is -4.69. The average molecular weight is 429 g/mol. The highest BCUT2D eigenvalue weighted by Gasteiger charge is 2.12. The van der Waals surface area contributed by atoms with E-state index in [1.54, 1.807) is 18.2 Å². The van der Waals surface area contributed by atoms with Gasteiger partial charge in [0.15, 0.2) is 0 Å². The Labute approximate surface area is 190 Å². The minimum absolute atomic E-state index is 0.0352. The number of non-ortho nitro benzene ring substituents is 1. The lowest BCUT2D eigenvalue weighted by Gasteiger charge is -2.09. The molecule has 0 aliphatic carbocycles. The van der Waals surface area contributed by atoms with E-state index in [1.165, 1.54) is 28.5 Å². The molecule has 0 N–H and O–H groups in total. The van der Waals surface area contributed by atoms with Crippen molar-refractivity contribution in [1.29, 1.82) is 5.26 Å². The number of benzene rings is 4. The molecule has 0 aliphatic heterocycles. The molecule has 0 amide bonds. The van der Waals surface area contributed by atoms with Gasteiger partial charge in [0.1, 0.15) is 0 Å². The Morgan fingerprint density at radius 3 is 2.48 bits per heavy atom. The van der Waals surface area contributed by atoms with Crippen molar-refractivity contribution >= 4 is 39.0 Å². The van der Waals surface area contributed by atoms with E-state index in [0.29, 0.717) is 17.7 Å². The zero-order chi connectivity index (χ0) is 22.8. The van der Waals surface area contributed by atoms with Gasteiger partial charge >= 0.3 is 0 Å². The molecule has 0 saturated heterocycles. The highest BCUT2D eigenvalue weighted by atomic mass is 16.6. The summed E-state index contributed by atoms with van der Waals surface area (Å²) >= 11 is 0. The largest absolute Gasteiger partial charge is 0.342 e. The van der Waals surface area contributed by atoms with Crippen LogP contribution >= 0.6 is 0 Å². The van der Waals surface area contributed by atoms with Gasteiger partial charge in [0.25, 0.3) is 5.69 Å². The van der Waals surface area contributed by atoms with Crippen molar-refractivity contribution in [3.05, 3.63) is 124 Å². The first-order valence-corrected chi connectivity index (χ1v) is 10.6. The molecular formula is C28H19N3O2. The Balaban J connectivity index is 1.61. The summed E-state index contributed by atoms with van der Waals surface area (Å²) in [5, 5.41) is 24.4. The zero-order valence-electron chi connectivity index (χ0n) is 17.7. The van der Waals surface area contributed by atoms with Crippen LogP contribution in [0.2, 0.25) is 0 Å². The Bertz CT molecular complexity index is 1580. The normalized spacial score (nSPS) is 11.5. The molecule has 5 heteroatoms. The quantitative estimate of drug-likeness (QED) is 0.175. The van der Waals surface area contributed by atoms with Gasteiger partial charge in [-0.3, -0.25) is 10.1 Å². The van der Waals surface area contributed by atoms with Crippen LogP contribution < -0.4 is 0 Å². The van der Waals surface area contributed by atoms with E-state index in [1.807, 2.05) is 36.5 Å². The third-order valence-electron chi connectivity index (χ3n) is 5.83. The SMILES string of the molecule is N#CC(=Cc1cn(Cc2cccc3ccccc23)c2ccccc12)c1cccc([N+](=O)[O-])c1. The maximum absolute atomic E-state index is 11.2. The lowest BCUT2D eigenvalue weighted by molar-refractivity contribution is -0.384. The third-order valence-corrected chi connectivity index (χ3v) is 5.83. The summed E-state index contributed by atoms with van der Waals surface area (Å²) in [4.78, 5) is 10.7. The van der Waals surface area contributed by atoms with E-state index in [2.05, 4.69) is 47.0 Å². The van der Waals surface area contributed by atoms with Gasteiger partial charge in [-0.2, -0.15) is 5.26 Å². The van der Waals surface area contributed by atoms with E-state index >= 15 is 0 Å². The monoisotopic (exact) mass is 429 g/mol. The molecule has 1 aromatic heterocycles. The molecule has 158 valence electrons. The number of nitriles is 1. The Morgan fingerprint density at radius 2 is 1.67 bits per heavy atom. The molecule has 5 nitrogen and oxygen atoms in total. The zero-order valence-corrected chi connectivity index (χ0v) is 17.7. The van der Waals surface area contributed by atoms with Gasteiger partial charge in [-0.15, -0.1) is 0 Å². The fraction of sp³-hybridized carbons (Fsp3) is 0.0357. The van der Waals surface area contributed by atoms with Gasteiger partial charge in [-0.1, -0.05) is 72.8 Å². The van der Waals surface area contributed by atoms with E-state index in [9.17, 15) is 15.4 Å². The fourth-order valence-corrected chi connectivity index (χ4v) is 4.26. The molecule has 0 spiro atoms. The summed E-state index contributed by atoms with van der Waals surface area (Å²) in [6.07, 6.45) is 3.85. The number of allylic oxidation sites excluding steroid dienone is 1. The number of hydrogen-bond donors (Lipinski definition) is 0. The van der Waals surface area contributed by atoms with Crippen molar-refractivity contribution in [3.63, 3.8) is 0 Å². The summed E-state index contributed by atoms with van der Waals surface area (Å²) in [6.45, 7) is 0.689. The molecule has 0 radical (unpaired) electrons. The summed E-state index contributed by atoms with van der Waals surface area (Å²) in [6, 6.07) is 31.1. The molecule has 0 fully saturated rings. The molecule has 4 aromatic carbocycles. The predicted molar refractivity (Wildman–Crippen MR) is 132 cm³/mol. The highest BCUT2D eigenvalue weighted by molar-refractivity contribution is 5.98. The second-order valence-electron chi connectivity index (χ2n) is 7.85. The van der Waals surface area contributed by atoms with Crippen molar-refractivity contribution in [2.24, 2.45) is 0 Å². The maximum atomic E-state index is 11.2. The van der Waals surface area contributed by atoms with Crippen LogP contribution in [0.25, 0.3) is 33.3 Å². The maximum Gasteiger partial charge on any atom is 0.270 e. The lowest BCUT2D eigenvalue weighted by atomic mass is 10.0. The molecule has 0 saturated carbocycles. The number of nitro benzene ring substituents is 1. The highest BCUT2D eigenvalue weighted by Crippen LogP contribution is 2.29. The molecule has 5 aromatic rings. The fourth-order valence-electron chi connectivity index (χ4n) is 4.26. The van der Waals surface area contributed by atoms with Crippen LogP contribution in [-0.4, -0.2) is 9.49 Å². The molecule has 0 aliphatic rings. The molecule has 0 atom stereocenters. The molecule has 0 unspecified atom stereocenters. The van der Waals surface area contributed by atoms with Crippen LogP contribution in [-0.2, 0) is 6.54 Å². The standard InChI is InChI=1S/C28H19N3O2/c29-17-23(21-9-6-11-25(16-21)31(32)33)15-24-19-30(28-14-4-3-13-27(24)28)18-22-10-5-8-20-7-1-2-12-26(20)22/h1-16,19H,18H2. The van der Waals surface area contributed by atoms with E-state index in [-0.39, 0.29) is 5.69 Å². The summed E-state index contributed by atoms with van der Waals surface area (Å²) < 4.78 is 2.19. The van der Waals surface area contributed by atoms with Crippen LogP contribution in [0.3, 0.4) is 0 Å². The molecule has 5 rings (SSSR count). The van der Waals surface area contributed by atoms with Crippen molar-refractivity contribution in [3.8, 4) is 6.07 Å². The summed E-state index contributed by atoms with van der Waals surface area (Å²) in [5.41, 5.74) is 4.04. The number of fused-ring (bicyclic) bond motifs is 2. The molecule has 33 heavy (non-hydrogen) atoms. The Morgan fingerprint density at radius 1 is 0.939 bits per heavy atom. The van der Waals surface area contributed by atoms with Crippen LogP contribution in [0.15, 0.2) is 97.2 Å². The van der Waals surface area contributed by atoms with Gasteiger partial charge in [-0.25, -0.2) is 0 Å². The van der Waals surface area contributed by atoms with Crippen LogP contribution in [0.5, 0.6) is 0 Å². The van der Waals surface area contributed by atoms with Gasteiger partial charge in [0.05, 0.1) is 16.6 Å². The number of rotatable bonds is 5. The first kappa shape index (κ1) is 20.2. The number of nitro groups is 1. The first-order chi connectivity index (χ1) is 16.1. The van der Waals surface area contributed by atoms with Crippen LogP contribution in [0.4, 0.5) is 5.69 Å². The summed E-state index contributed by atoms with van der Waals surface area (Å²) in [5.74, 6) is 0. The number of hydrogen-bond acceptors (Lipinski definition) is 3. The van der Waals surface area contributed by atoms with Gasteiger partial charge < -0.3 is 4.57 Å². The third kappa shape index (κ3) is 3.86. The Kier molecular flexibility index (Phi) is 5.18. The minimum Gasteiger partial charge on any atom is -0.342 e. The number of aromatic nitrogens is 1. The van der Waals surface area contributed by atoms with E-state index < -0.39 is 4.92 Å². The first-order valence-electron chi connectivity index (χ1n) is 10.6. The van der Waals surface area contributed by atoms with E-state index in [4.69, 9.17) is 0 Å². The van der Waals surface area contributed by atoms with Gasteiger partial charge in [0, 0.05) is 41.3 Å². The second-order valence-corrected chi connectivity index (χ2v) is 7.85. The second kappa shape index (κ2) is 8.45. The van der Waals surface area contributed by atoms with Crippen molar-refractivity contribution < 1.29 is 4.92 Å². The average Bonchev–Trinajstić information content (AvgIpc) is 3.20. The van der Waals surface area contributed by atoms with Gasteiger partial charge in [-0.05, 0) is 34.0 Å². The van der Waals surface area contributed by atoms with Crippen molar-refractivity contribution in [1.82, 2.24) is 4.57 Å². The predicted octanol–water partition coefficient (Wildman–Crippen LogP) is 6.82. The van der Waals surface area contributed by atoms with Crippen LogP contribution in [0.1, 0.15) is 16.7 Å². The number of nitrogens with zero attached hydrogens (tertiary/aromatic N) is 3. The smallest absolute Gasteiger partial charge is 0.270 e. The summed E-state index contributed by atoms with van der Waals surface area (Å²) in [7, 11) is 0. The number of para-hydroxylation sites is 1. The van der Waals surface area contributed by atoms with Crippen molar-refractivity contribution in [2.75, 3.05) is 0 Å². The van der Waals surface area contributed by atoms with E-state index in [0.717, 1.165) is 16.5 Å². The van der Waals surface area contributed by atoms with Gasteiger partial charge in [0.2, 0.25) is 0 Å². The van der Waals surface area contributed by atoms with Crippen molar-refractivity contribution in [2.45, 2.75) is 6.54 Å². The molecule has 0 bridgehead atoms. The lowest BCUT2D eigenvalue weighted by Crippen LogP contribution is -1.98. The molecule has 1 heterocycles. The van der Waals surface area contributed by atoms with Crippen LogP contribution in [0, 0.1) is 21.4 Å². The minimum atomic E-state index is -0.450. The topological polar surface area (TPSA) is 71.9 Å². The molecular weight excluding hydrogens is 410 g/mol.